The first kappa shape index (κ1) is 14.0. The van der Waals surface area contributed by atoms with E-state index in [1.165, 1.54) is 30.3 Å². The normalized spacial score (nSPS) is 11.3. The summed E-state index contributed by atoms with van der Waals surface area (Å²) in [7, 11) is 0. The number of Topliss-reactive ketones (excluding diaryl/α,β-unsaturated/α-hetero) is 1. The van der Waals surface area contributed by atoms with E-state index in [1.807, 2.05) is 0 Å². The Morgan fingerprint density at radius 1 is 1.30 bits per heavy atom. The molecule has 4 nitrogen and oxygen atoms in total. The van der Waals surface area contributed by atoms with Gasteiger partial charge in [-0.05, 0) is 0 Å². The van der Waals surface area contributed by atoms with E-state index in [0.29, 0.717) is 11.1 Å². The molecule has 0 fully saturated rings. The number of nitrogens with zero attached hydrogens (tertiary/aromatic N) is 2. The number of aromatic nitrogens is 2. The molecule has 0 unspecified atom stereocenters. The van der Waals surface area contributed by atoms with Gasteiger partial charge in [0.15, 0.2) is 5.78 Å². The third-order valence-corrected chi connectivity index (χ3v) is 2.46. The summed E-state index contributed by atoms with van der Waals surface area (Å²) in [4.78, 5) is 14.8. The maximum atomic E-state index is 12.3. The SMILES string of the molecule is C=CCC(=O)c1ccc(-c2noc(C(F)(F)F)n2)cc1. The number of hydrogen-bond acceptors (Lipinski definition) is 4. The van der Waals surface area contributed by atoms with Crippen molar-refractivity contribution in [2.24, 2.45) is 0 Å². The molecule has 1 heterocycles. The molecule has 0 saturated carbocycles. The van der Waals surface area contributed by atoms with Crippen LogP contribution in [0.15, 0.2) is 41.4 Å². The van der Waals surface area contributed by atoms with E-state index >= 15 is 0 Å². The summed E-state index contributed by atoms with van der Waals surface area (Å²) in [6.07, 6.45) is -3.00. The minimum Gasteiger partial charge on any atom is -0.329 e. The van der Waals surface area contributed by atoms with E-state index in [1.54, 1.807) is 0 Å². The van der Waals surface area contributed by atoms with Crippen molar-refractivity contribution in [3.8, 4) is 11.4 Å². The van der Waals surface area contributed by atoms with Gasteiger partial charge in [-0.25, -0.2) is 0 Å². The molecule has 0 aliphatic heterocycles. The van der Waals surface area contributed by atoms with E-state index in [0.717, 1.165) is 0 Å². The summed E-state index contributed by atoms with van der Waals surface area (Å²) in [5.41, 5.74) is 0.771. The van der Waals surface area contributed by atoms with E-state index in [2.05, 4.69) is 21.2 Å². The number of allylic oxidation sites excluding steroid dienone is 1. The van der Waals surface area contributed by atoms with Gasteiger partial charge in [-0.3, -0.25) is 4.79 Å². The Bertz CT molecular complexity index is 630. The van der Waals surface area contributed by atoms with Gasteiger partial charge in [-0.2, -0.15) is 18.2 Å². The molecule has 0 atom stereocenters. The number of alkyl halides is 3. The molecule has 2 aromatic rings. The number of benzene rings is 1. The Labute approximate surface area is 111 Å². The van der Waals surface area contributed by atoms with Crippen molar-refractivity contribution >= 4 is 5.78 Å². The molecular weight excluding hydrogens is 273 g/mol. The monoisotopic (exact) mass is 282 g/mol. The fraction of sp³-hybridized carbons (Fsp3) is 0.154. The van der Waals surface area contributed by atoms with Gasteiger partial charge in [-0.1, -0.05) is 35.5 Å². The number of ketones is 1. The van der Waals surface area contributed by atoms with Crippen LogP contribution >= 0.6 is 0 Å². The van der Waals surface area contributed by atoms with Crippen molar-refractivity contribution in [2.75, 3.05) is 0 Å². The van der Waals surface area contributed by atoms with Gasteiger partial charge in [0.2, 0.25) is 5.82 Å². The lowest BCUT2D eigenvalue weighted by atomic mass is 10.1. The molecule has 0 bridgehead atoms. The van der Waals surface area contributed by atoms with E-state index in [-0.39, 0.29) is 18.0 Å². The first-order valence-corrected chi connectivity index (χ1v) is 5.57. The molecule has 1 aromatic heterocycles. The Morgan fingerprint density at radius 2 is 1.95 bits per heavy atom. The van der Waals surface area contributed by atoms with Gasteiger partial charge in [-0.15, -0.1) is 6.58 Å². The molecule has 0 N–H and O–H groups in total. The maximum Gasteiger partial charge on any atom is 0.471 e. The van der Waals surface area contributed by atoms with Gasteiger partial charge in [0.25, 0.3) is 0 Å². The smallest absolute Gasteiger partial charge is 0.329 e. The third-order valence-electron chi connectivity index (χ3n) is 2.46. The van der Waals surface area contributed by atoms with Crippen LogP contribution in [0.3, 0.4) is 0 Å². The van der Waals surface area contributed by atoms with Crippen LogP contribution in [0, 0.1) is 0 Å². The van der Waals surface area contributed by atoms with Crippen molar-refractivity contribution in [1.82, 2.24) is 10.1 Å². The van der Waals surface area contributed by atoms with E-state index < -0.39 is 12.1 Å². The minimum atomic E-state index is -4.68. The lowest BCUT2D eigenvalue weighted by Gasteiger charge is -1.99. The largest absolute Gasteiger partial charge is 0.471 e. The standard InChI is InChI=1S/C13H9F3N2O2/c1-2-3-10(19)8-4-6-9(7-5-8)11-17-12(20-18-11)13(14,15)16/h2,4-7H,1,3H2. The van der Waals surface area contributed by atoms with Crippen LogP contribution in [0.2, 0.25) is 0 Å². The third kappa shape index (κ3) is 2.93. The summed E-state index contributed by atoms with van der Waals surface area (Å²) < 4.78 is 41.1. The zero-order valence-electron chi connectivity index (χ0n) is 10.1. The molecule has 2 rings (SSSR count). The quantitative estimate of drug-likeness (QED) is 0.636. The first-order valence-electron chi connectivity index (χ1n) is 5.57. The maximum absolute atomic E-state index is 12.3. The Kier molecular flexibility index (Phi) is 3.69. The fourth-order valence-electron chi connectivity index (χ4n) is 1.51. The molecule has 0 radical (unpaired) electrons. The topological polar surface area (TPSA) is 56.0 Å². The molecule has 0 aliphatic carbocycles. The van der Waals surface area contributed by atoms with E-state index in [9.17, 15) is 18.0 Å². The molecule has 1 aromatic carbocycles. The molecule has 20 heavy (non-hydrogen) atoms. The lowest BCUT2D eigenvalue weighted by molar-refractivity contribution is -0.159. The van der Waals surface area contributed by atoms with Crippen LogP contribution in [-0.2, 0) is 6.18 Å². The number of carbonyl (C=O) groups is 1. The summed E-state index contributed by atoms with van der Waals surface area (Å²) in [5.74, 6) is -1.71. The zero-order valence-corrected chi connectivity index (χ0v) is 10.1. The van der Waals surface area contributed by atoms with E-state index in [4.69, 9.17) is 0 Å². The Morgan fingerprint density at radius 3 is 2.45 bits per heavy atom. The lowest BCUT2D eigenvalue weighted by Crippen LogP contribution is -2.04. The second-order valence-corrected chi connectivity index (χ2v) is 3.91. The summed E-state index contributed by atoms with van der Waals surface area (Å²) in [6, 6.07) is 5.90. The van der Waals surface area contributed by atoms with Crippen LogP contribution in [0.25, 0.3) is 11.4 Å². The van der Waals surface area contributed by atoms with Gasteiger partial charge in [0, 0.05) is 17.5 Å². The van der Waals surface area contributed by atoms with Gasteiger partial charge < -0.3 is 4.52 Å². The molecule has 0 saturated heterocycles. The van der Waals surface area contributed by atoms with Gasteiger partial charge >= 0.3 is 12.1 Å². The Hall–Kier alpha value is -2.44. The predicted octanol–water partition coefficient (Wildman–Crippen LogP) is 3.51. The average molecular weight is 282 g/mol. The van der Waals surface area contributed by atoms with Crippen molar-refractivity contribution in [2.45, 2.75) is 12.6 Å². The van der Waals surface area contributed by atoms with Gasteiger partial charge in [0.1, 0.15) is 0 Å². The van der Waals surface area contributed by atoms with Crippen LogP contribution in [0.1, 0.15) is 22.7 Å². The molecule has 0 amide bonds. The number of hydrogen-bond donors (Lipinski definition) is 0. The van der Waals surface area contributed by atoms with Crippen LogP contribution in [-0.4, -0.2) is 15.9 Å². The highest BCUT2D eigenvalue weighted by molar-refractivity contribution is 5.97. The predicted molar refractivity (Wildman–Crippen MR) is 63.9 cm³/mol. The average Bonchev–Trinajstić information content (AvgIpc) is 2.89. The zero-order chi connectivity index (χ0) is 14.8. The van der Waals surface area contributed by atoms with Crippen LogP contribution < -0.4 is 0 Å². The van der Waals surface area contributed by atoms with Crippen molar-refractivity contribution < 1.29 is 22.5 Å². The highest BCUT2D eigenvalue weighted by Gasteiger charge is 2.38. The second-order valence-electron chi connectivity index (χ2n) is 3.91. The summed E-state index contributed by atoms with van der Waals surface area (Å²) in [5, 5.41) is 3.26. The number of carbonyl (C=O) groups excluding carboxylic acids is 1. The van der Waals surface area contributed by atoms with Crippen LogP contribution in [0.4, 0.5) is 13.2 Å². The molecule has 0 aliphatic rings. The Balaban J connectivity index is 2.24. The second kappa shape index (κ2) is 5.28. The highest BCUT2D eigenvalue weighted by atomic mass is 19.4. The molecular formula is C13H9F3N2O2. The first-order chi connectivity index (χ1) is 9.41. The minimum absolute atomic E-state index is 0.129. The van der Waals surface area contributed by atoms with Crippen molar-refractivity contribution in [1.29, 1.82) is 0 Å². The number of halogens is 3. The van der Waals surface area contributed by atoms with Crippen molar-refractivity contribution in [3.63, 3.8) is 0 Å². The summed E-state index contributed by atoms with van der Waals surface area (Å²) in [6.45, 7) is 3.46. The molecule has 104 valence electrons. The molecule has 7 heteroatoms. The van der Waals surface area contributed by atoms with Crippen LogP contribution in [0.5, 0.6) is 0 Å². The van der Waals surface area contributed by atoms with Crippen molar-refractivity contribution in [3.05, 3.63) is 48.4 Å². The summed E-state index contributed by atoms with van der Waals surface area (Å²) >= 11 is 0. The number of rotatable bonds is 4. The highest BCUT2D eigenvalue weighted by Crippen LogP contribution is 2.29. The molecule has 0 spiro atoms. The van der Waals surface area contributed by atoms with Gasteiger partial charge in [0.05, 0.1) is 0 Å². The fourth-order valence-corrected chi connectivity index (χ4v) is 1.51.